The van der Waals surface area contributed by atoms with Gasteiger partial charge in [-0.3, -0.25) is 0 Å². The van der Waals surface area contributed by atoms with Gasteiger partial charge in [-0.05, 0) is 30.8 Å². The first kappa shape index (κ1) is 20.7. The number of methoxy groups -OCH3 is 2. The summed E-state index contributed by atoms with van der Waals surface area (Å²) in [6.07, 6.45) is 0. The summed E-state index contributed by atoms with van der Waals surface area (Å²) < 4.78 is 9.10. The number of benzene rings is 1. The quantitative estimate of drug-likeness (QED) is 0.652. The van der Waals surface area contributed by atoms with Gasteiger partial charge in [-0.2, -0.15) is 0 Å². The largest absolute Gasteiger partial charge is 0.493 e. The molecule has 0 saturated carbocycles. The fraction of sp³-hybridized carbons (Fsp3) is 0.625. The number of alkyl halides is 3. The van der Waals surface area contributed by atoms with Crippen LogP contribution in [-0.4, -0.2) is 49.1 Å². The van der Waals surface area contributed by atoms with E-state index in [1.54, 1.807) is 14.2 Å². The van der Waals surface area contributed by atoms with E-state index in [4.69, 9.17) is 44.3 Å². The molecule has 0 aliphatic carbocycles. The van der Waals surface area contributed by atoms with Crippen LogP contribution in [0.1, 0.15) is 25.5 Å². The lowest BCUT2D eigenvalue weighted by atomic mass is 10.1. The van der Waals surface area contributed by atoms with Crippen LogP contribution in [-0.2, 0) is 0 Å². The second-order valence-electron chi connectivity index (χ2n) is 5.07. The highest BCUT2D eigenvalue weighted by Gasteiger charge is 2.34. The third-order valence-corrected chi connectivity index (χ3v) is 4.39. The van der Waals surface area contributed by atoms with Gasteiger partial charge in [0.1, 0.15) is 0 Å². The Hall–Kier alpha value is -0.390. The van der Waals surface area contributed by atoms with Gasteiger partial charge < -0.3 is 19.7 Å². The molecule has 7 heteroatoms. The zero-order chi connectivity index (χ0) is 17.5. The number of nitrogens with zero attached hydrogens (tertiary/aromatic N) is 1. The summed E-state index contributed by atoms with van der Waals surface area (Å²) in [5.74, 6) is 1.25. The normalized spacial score (nSPS) is 13.2. The van der Waals surface area contributed by atoms with E-state index in [-0.39, 0.29) is 0 Å². The molecule has 0 fully saturated rings. The number of rotatable bonds is 9. The first-order valence-corrected chi connectivity index (χ1v) is 8.75. The van der Waals surface area contributed by atoms with E-state index in [2.05, 4.69) is 24.1 Å². The van der Waals surface area contributed by atoms with Crippen LogP contribution in [0.15, 0.2) is 18.2 Å². The third-order valence-electron chi connectivity index (χ3n) is 3.74. The van der Waals surface area contributed by atoms with Crippen LogP contribution >= 0.6 is 34.8 Å². The second-order valence-corrected chi connectivity index (χ2v) is 7.44. The number of hydrogen-bond acceptors (Lipinski definition) is 4. The van der Waals surface area contributed by atoms with Gasteiger partial charge in [0.25, 0.3) is 0 Å². The van der Waals surface area contributed by atoms with Crippen molar-refractivity contribution in [1.82, 2.24) is 10.2 Å². The maximum absolute atomic E-state index is 6.17. The monoisotopic (exact) mass is 382 g/mol. The van der Waals surface area contributed by atoms with Gasteiger partial charge in [0, 0.05) is 13.1 Å². The van der Waals surface area contributed by atoms with Crippen LogP contribution < -0.4 is 14.8 Å². The van der Waals surface area contributed by atoms with E-state index < -0.39 is 9.83 Å². The van der Waals surface area contributed by atoms with Crippen molar-refractivity contribution in [2.24, 2.45) is 0 Å². The zero-order valence-corrected chi connectivity index (χ0v) is 16.3. The molecule has 4 nitrogen and oxygen atoms in total. The Kier molecular flexibility index (Phi) is 8.80. The zero-order valence-electron chi connectivity index (χ0n) is 14.0. The van der Waals surface area contributed by atoms with Crippen molar-refractivity contribution < 1.29 is 9.47 Å². The topological polar surface area (TPSA) is 33.7 Å². The average Bonchev–Trinajstić information content (AvgIpc) is 2.53. The standard InChI is InChI=1S/C16H25Cl3N2O2/c1-5-21(6-2)10-9-20-15(16(17,18)19)12-7-8-13(22-3)14(11-12)23-4/h7-8,11,15,20H,5-6,9-10H2,1-4H3. The predicted molar refractivity (Wildman–Crippen MR) is 98.4 cm³/mol. The molecule has 0 aliphatic heterocycles. The summed E-state index contributed by atoms with van der Waals surface area (Å²) in [6, 6.07) is 5.07. The predicted octanol–water partition coefficient (Wildman–Crippen LogP) is 4.05. The number of ether oxygens (including phenoxy) is 2. The molecule has 0 saturated heterocycles. The molecule has 1 aromatic rings. The fourth-order valence-corrected chi connectivity index (χ4v) is 2.97. The van der Waals surface area contributed by atoms with Crippen molar-refractivity contribution in [1.29, 1.82) is 0 Å². The average molecular weight is 384 g/mol. The molecule has 0 bridgehead atoms. The summed E-state index contributed by atoms with van der Waals surface area (Å²) in [5, 5.41) is 3.33. The Balaban J connectivity index is 2.90. The highest BCUT2D eigenvalue weighted by atomic mass is 35.6. The first-order valence-electron chi connectivity index (χ1n) is 7.61. The molecular weight excluding hydrogens is 359 g/mol. The minimum atomic E-state index is -1.47. The number of halogens is 3. The molecule has 0 aliphatic rings. The van der Waals surface area contributed by atoms with Gasteiger partial charge in [-0.1, -0.05) is 54.7 Å². The molecule has 132 valence electrons. The van der Waals surface area contributed by atoms with E-state index in [0.29, 0.717) is 18.0 Å². The lowest BCUT2D eigenvalue weighted by Gasteiger charge is -2.28. The highest BCUT2D eigenvalue weighted by molar-refractivity contribution is 6.68. The van der Waals surface area contributed by atoms with E-state index in [9.17, 15) is 0 Å². The maximum atomic E-state index is 6.17. The minimum Gasteiger partial charge on any atom is -0.493 e. The van der Waals surface area contributed by atoms with Crippen LogP contribution in [0, 0.1) is 0 Å². The molecule has 1 rings (SSSR count). The molecule has 0 aromatic heterocycles. The van der Waals surface area contributed by atoms with Crippen LogP contribution in [0.4, 0.5) is 0 Å². The summed E-state index contributed by atoms with van der Waals surface area (Å²) >= 11 is 18.5. The lowest BCUT2D eigenvalue weighted by Crippen LogP contribution is -2.38. The van der Waals surface area contributed by atoms with Crippen LogP contribution in [0.5, 0.6) is 11.5 Å². The number of nitrogens with one attached hydrogen (secondary N) is 1. The molecule has 0 radical (unpaired) electrons. The van der Waals surface area contributed by atoms with Gasteiger partial charge in [-0.15, -0.1) is 0 Å². The summed E-state index contributed by atoms with van der Waals surface area (Å²) in [7, 11) is 3.17. The summed E-state index contributed by atoms with van der Waals surface area (Å²) in [5.41, 5.74) is 0.835. The van der Waals surface area contributed by atoms with Gasteiger partial charge in [0.2, 0.25) is 3.79 Å². The molecule has 1 atom stereocenters. The molecule has 1 N–H and O–H groups in total. The van der Waals surface area contributed by atoms with Gasteiger partial charge in [-0.25, -0.2) is 0 Å². The number of likely N-dealkylation sites (N-methyl/N-ethyl adjacent to an activating group) is 1. The van der Waals surface area contributed by atoms with Crippen molar-refractivity contribution >= 4 is 34.8 Å². The molecule has 0 heterocycles. The van der Waals surface area contributed by atoms with Crippen molar-refractivity contribution in [3.8, 4) is 11.5 Å². The highest BCUT2D eigenvalue weighted by Crippen LogP contribution is 2.41. The SMILES string of the molecule is CCN(CC)CCNC(c1ccc(OC)c(OC)c1)C(Cl)(Cl)Cl. The van der Waals surface area contributed by atoms with Crippen molar-refractivity contribution in [3.05, 3.63) is 23.8 Å². The van der Waals surface area contributed by atoms with Crippen LogP contribution in [0.2, 0.25) is 0 Å². The van der Waals surface area contributed by atoms with E-state index in [1.165, 1.54) is 0 Å². The second kappa shape index (κ2) is 9.80. The summed E-state index contributed by atoms with van der Waals surface area (Å²) in [4.78, 5) is 2.30. The van der Waals surface area contributed by atoms with Gasteiger partial charge in [0.15, 0.2) is 11.5 Å². The number of hydrogen-bond donors (Lipinski definition) is 1. The van der Waals surface area contributed by atoms with Gasteiger partial charge >= 0.3 is 0 Å². The maximum Gasteiger partial charge on any atom is 0.209 e. The molecular formula is C16H25Cl3N2O2. The Labute approximate surface area is 154 Å². The molecule has 23 heavy (non-hydrogen) atoms. The first-order chi connectivity index (χ1) is 10.9. The molecule has 0 amide bonds. The Bertz CT molecular complexity index is 477. The van der Waals surface area contributed by atoms with Crippen molar-refractivity contribution in [2.75, 3.05) is 40.4 Å². The summed E-state index contributed by atoms with van der Waals surface area (Å²) in [6.45, 7) is 7.85. The fourth-order valence-electron chi connectivity index (χ4n) is 2.36. The Morgan fingerprint density at radius 2 is 1.70 bits per heavy atom. The van der Waals surface area contributed by atoms with Crippen LogP contribution in [0.25, 0.3) is 0 Å². The molecule has 0 spiro atoms. The minimum absolute atomic E-state index is 0.442. The third kappa shape index (κ3) is 6.20. The lowest BCUT2D eigenvalue weighted by molar-refractivity contribution is 0.296. The van der Waals surface area contributed by atoms with E-state index in [0.717, 1.165) is 25.2 Å². The van der Waals surface area contributed by atoms with E-state index in [1.807, 2.05) is 18.2 Å². The Morgan fingerprint density at radius 1 is 1.09 bits per heavy atom. The van der Waals surface area contributed by atoms with Crippen LogP contribution in [0.3, 0.4) is 0 Å². The van der Waals surface area contributed by atoms with Gasteiger partial charge in [0.05, 0.1) is 20.3 Å². The van der Waals surface area contributed by atoms with Crippen molar-refractivity contribution in [3.63, 3.8) is 0 Å². The van der Waals surface area contributed by atoms with Crippen molar-refractivity contribution in [2.45, 2.75) is 23.7 Å². The molecule has 1 unspecified atom stereocenters. The van der Waals surface area contributed by atoms with E-state index >= 15 is 0 Å². The molecule has 1 aromatic carbocycles. The Morgan fingerprint density at radius 3 is 2.17 bits per heavy atom. The smallest absolute Gasteiger partial charge is 0.209 e.